The molecular weight excluding hydrogens is 255 g/mol. The number of esters is 1. The van der Waals surface area contributed by atoms with Crippen LogP contribution in [0.2, 0.25) is 0 Å². The van der Waals surface area contributed by atoms with Gasteiger partial charge in [0.15, 0.2) is 11.6 Å². The zero-order valence-corrected chi connectivity index (χ0v) is 9.22. The number of methoxy groups -OCH3 is 2. The van der Waals surface area contributed by atoms with E-state index < -0.39 is 11.8 Å². The molecule has 0 saturated carbocycles. The first kappa shape index (κ1) is 11.0. The van der Waals surface area contributed by atoms with E-state index in [-0.39, 0.29) is 11.3 Å². The summed E-state index contributed by atoms with van der Waals surface area (Å²) in [5.74, 6) is -1.07. The molecule has 76 valence electrons. The molecule has 0 saturated heterocycles. The molecule has 0 heterocycles. The second kappa shape index (κ2) is 4.41. The van der Waals surface area contributed by atoms with Crippen LogP contribution in [0.15, 0.2) is 16.6 Å². The van der Waals surface area contributed by atoms with Gasteiger partial charge in [-0.1, -0.05) is 0 Å². The Labute approximate surface area is 88.9 Å². The van der Waals surface area contributed by atoms with Crippen molar-refractivity contribution in [2.24, 2.45) is 0 Å². The van der Waals surface area contributed by atoms with Gasteiger partial charge in [-0.2, -0.15) is 0 Å². The normalized spacial score (nSPS) is 9.71. The van der Waals surface area contributed by atoms with E-state index in [2.05, 4.69) is 20.7 Å². The summed E-state index contributed by atoms with van der Waals surface area (Å²) in [4.78, 5) is 11.2. The van der Waals surface area contributed by atoms with Crippen LogP contribution in [-0.2, 0) is 4.74 Å². The second-order valence-corrected chi connectivity index (χ2v) is 3.31. The average Bonchev–Trinajstić information content (AvgIpc) is 2.17. The third-order valence-electron chi connectivity index (χ3n) is 1.65. The highest BCUT2D eigenvalue weighted by atomic mass is 79.9. The zero-order chi connectivity index (χ0) is 10.7. The van der Waals surface area contributed by atoms with Gasteiger partial charge in [-0.15, -0.1) is 0 Å². The van der Waals surface area contributed by atoms with Gasteiger partial charge in [-0.25, -0.2) is 9.18 Å². The first-order chi connectivity index (χ1) is 6.60. The van der Waals surface area contributed by atoms with E-state index in [9.17, 15) is 9.18 Å². The van der Waals surface area contributed by atoms with E-state index in [1.165, 1.54) is 20.3 Å². The summed E-state index contributed by atoms with van der Waals surface area (Å²) in [7, 11) is 2.58. The van der Waals surface area contributed by atoms with Gasteiger partial charge in [0, 0.05) is 4.47 Å². The molecule has 0 aliphatic heterocycles. The van der Waals surface area contributed by atoms with Crippen LogP contribution in [0.25, 0.3) is 0 Å². The van der Waals surface area contributed by atoms with Gasteiger partial charge in [0.05, 0.1) is 19.8 Å². The predicted octanol–water partition coefficient (Wildman–Crippen LogP) is 2.38. The highest BCUT2D eigenvalue weighted by Gasteiger charge is 2.14. The number of carbonyl (C=O) groups is 1. The molecule has 0 radical (unpaired) electrons. The highest BCUT2D eigenvalue weighted by Crippen LogP contribution is 2.26. The fourth-order valence-electron chi connectivity index (χ4n) is 0.952. The van der Waals surface area contributed by atoms with Gasteiger partial charge < -0.3 is 9.47 Å². The van der Waals surface area contributed by atoms with E-state index in [0.717, 1.165) is 6.07 Å². The van der Waals surface area contributed by atoms with Crippen LogP contribution in [0.5, 0.6) is 5.75 Å². The van der Waals surface area contributed by atoms with E-state index in [1.54, 1.807) is 0 Å². The van der Waals surface area contributed by atoms with Gasteiger partial charge in [-0.3, -0.25) is 0 Å². The van der Waals surface area contributed by atoms with Gasteiger partial charge in [0.25, 0.3) is 0 Å². The molecule has 0 spiro atoms. The van der Waals surface area contributed by atoms with Crippen molar-refractivity contribution in [1.29, 1.82) is 0 Å². The van der Waals surface area contributed by atoms with Crippen molar-refractivity contribution in [3.8, 4) is 5.75 Å². The monoisotopic (exact) mass is 262 g/mol. The summed E-state index contributed by atoms with van der Waals surface area (Å²) in [5.41, 5.74) is 0.228. The Morgan fingerprint density at radius 1 is 1.43 bits per heavy atom. The third kappa shape index (κ3) is 2.04. The van der Waals surface area contributed by atoms with Crippen LogP contribution in [0, 0.1) is 5.82 Å². The number of hydrogen-bond acceptors (Lipinski definition) is 3. The van der Waals surface area contributed by atoms with Crippen molar-refractivity contribution in [2.75, 3.05) is 14.2 Å². The van der Waals surface area contributed by atoms with Crippen LogP contribution in [0.3, 0.4) is 0 Å². The van der Waals surface area contributed by atoms with Gasteiger partial charge in [-0.05, 0) is 28.1 Å². The molecule has 1 aromatic rings. The van der Waals surface area contributed by atoms with E-state index >= 15 is 0 Å². The van der Waals surface area contributed by atoms with Crippen molar-refractivity contribution < 1.29 is 18.7 Å². The molecule has 0 aromatic heterocycles. The lowest BCUT2D eigenvalue weighted by Gasteiger charge is -2.06. The second-order valence-electron chi connectivity index (χ2n) is 2.46. The molecule has 0 amide bonds. The van der Waals surface area contributed by atoms with E-state index in [4.69, 9.17) is 4.74 Å². The minimum atomic E-state index is -0.546. The quantitative estimate of drug-likeness (QED) is 0.768. The summed E-state index contributed by atoms with van der Waals surface area (Å²) in [6, 6.07) is 2.44. The van der Waals surface area contributed by atoms with Gasteiger partial charge in [0.1, 0.15) is 0 Å². The molecule has 1 aromatic carbocycles. The minimum Gasteiger partial charge on any atom is -0.494 e. The van der Waals surface area contributed by atoms with Crippen molar-refractivity contribution in [3.63, 3.8) is 0 Å². The first-order valence-electron chi connectivity index (χ1n) is 3.71. The molecule has 0 atom stereocenters. The summed E-state index contributed by atoms with van der Waals surface area (Å²) in [5, 5.41) is 0. The number of halogens is 2. The van der Waals surface area contributed by atoms with Crippen molar-refractivity contribution in [2.45, 2.75) is 0 Å². The number of rotatable bonds is 2. The van der Waals surface area contributed by atoms with Crippen LogP contribution >= 0.6 is 15.9 Å². The Bertz CT molecular complexity index is 365. The summed E-state index contributed by atoms with van der Waals surface area (Å²) in [6.07, 6.45) is 0. The van der Waals surface area contributed by atoms with Crippen molar-refractivity contribution in [1.82, 2.24) is 0 Å². The maximum atomic E-state index is 13.1. The van der Waals surface area contributed by atoms with Crippen molar-refractivity contribution >= 4 is 21.9 Å². The molecule has 14 heavy (non-hydrogen) atoms. The third-order valence-corrected chi connectivity index (χ3v) is 2.30. The molecule has 5 heteroatoms. The van der Waals surface area contributed by atoms with E-state index in [1.807, 2.05) is 0 Å². The number of benzene rings is 1. The maximum absolute atomic E-state index is 13.1. The zero-order valence-electron chi connectivity index (χ0n) is 7.64. The Kier molecular flexibility index (Phi) is 3.46. The lowest BCUT2D eigenvalue weighted by molar-refractivity contribution is 0.0599. The van der Waals surface area contributed by atoms with Crippen LogP contribution in [0.1, 0.15) is 10.4 Å². The molecule has 0 aliphatic rings. The molecule has 0 unspecified atom stereocenters. The lowest BCUT2D eigenvalue weighted by Crippen LogP contribution is -2.03. The van der Waals surface area contributed by atoms with E-state index in [0.29, 0.717) is 4.47 Å². The fraction of sp³-hybridized carbons (Fsp3) is 0.222. The first-order valence-corrected chi connectivity index (χ1v) is 4.50. The Morgan fingerprint density at radius 3 is 2.57 bits per heavy atom. The fourth-order valence-corrected chi connectivity index (χ4v) is 1.43. The minimum absolute atomic E-state index is 0.00796. The average molecular weight is 263 g/mol. The van der Waals surface area contributed by atoms with Crippen LogP contribution in [-0.4, -0.2) is 20.2 Å². The summed E-state index contributed by atoms with van der Waals surface area (Å²) in [6.45, 7) is 0. The van der Waals surface area contributed by atoms with Crippen LogP contribution in [0.4, 0.5) is 4.39 Å². The maximum Gasteiger partial charge on any atom is 0.339 e. The number of carbonyl (C=O) groups excluding carboxylic acids is 1. The summed E-state index contributed by atoms with van der Waals surface area (Å²) < 4.78 is 22.7. The smallest absolute Gasteiger partial charge is 0.339 e. The Balaban J connectivity index is 3.24. The lowest BCUT2D eigenvalue weighted by atomic mass is 10.2. The SMILES string of the molecule is COC(=O)c1cc(OC)c(F)cc1Br. The summed E-state index contributed by atoms with van der Waals surface area (Å²) >= 11 is 3.06. The Hall–Kier alpha value is -1.10. The van der Waals surface area contributed by atoms with Crippen molar-refractivity contribution in [3.05, 3.63) is 28.0 Å². The van der Waals surface area contributed by atoms with Gasteiger partial charge >= 0.3 is 5.97 Å². The molecular formula is C9H8BrFO3. The highest BCUT2D eigenvalue weighted by molar-refractivity contribution is 9.10. The molecule has 0 bridgehead atoms. The molecule has 3 nitrogen and oxygen atoms in total. The number of hydrogen-bond donors (Lipinski definition) is 0. The number of ether oxygens (including phenoxy) is 2. The van der Waals surface area contributed by atoms with Gasteiger partial charge in [0.2, 0.25) is 0 Å². The molecule has 0 fully saturated rings. The molecule has 0 N–H and O–H groups in total. The van der Waals surface area contributed by atoms with Crippen LogP contribution < -0.4 is 4.74 Å². The topological polar surface area (TPSA) is 35.5 Å². The largest absolute Gasteiger partial charge is 0.494 e. The predicted molar refractivity (Wildman–Crippen MR) is 52.0 cm³/mol. The molecule has 0 aliphatic carbocycles. The molecule has 1 rings (SSSR count). The Morgan fingerprint density at radius 2 is 2.07 bits per heavy atom. The standard InChI is InChI=1S/C9H8BrFO3/c1-13-8-3-5(9(12)14-2)6(10)4-7(8)11/h3-4H,1-2H3.